The third-order valence-electron chi connectivity index (χ3n) is 2.18. The maximum absolute atomic E-state index is 12.7. The summed E-state index contributed by atoms with van der Waals surface area (Å²) in [5.74, 6) is -0.399. The molecule has 0 saturated carbocycles. The first-order valence-electron chi connectivity index (χ1n) is 4.83. The predicted molar refractivity (Wildman–Crippen MR) is 65.5 cm³/mol. The molecule has 1 aromatic carbocycles. The fourth-order valence-electron chi connectivity index (χ4n) is 1.35. The zero-order valence-corrected chi connectivity index (χ0v) is 10.6. The van der Waals surface area contributed by atoms with Crippen LogP contribution in [0.15, 0.2) is 49.1 Å². The number of carbonyl (C=O) groups is 1. The zero-order chi connectivity index (χ0) is 11.4. The number of rotatable bonds is 3. The van der Waals surface area contributed by atoms with E-state index in [2.05, 4.69) is 4.98 Å². The van der Waals surface area contributed by atoms with Gasteiger partial charge in [0.1, 0.15) is 5.82 Å². The van der Waals surface area contributed by atoms with Gasteiger partial charge in [0.15, 0.2) is 12.4 Å². The van der Waals surface area contributed by atoms with Crippen LogP contribution in [0.4, 0.5) is 4.39 Å². The van der Waals surface area contributed by atoms with Gasteiger partial charge in [0.05, 0.1) is 12.4 Å². The van der Waals surface area contributed by atoms with Crippen LogP contribution in [0.1, 0.15) is 10.4 Å². The highest BCUT2D eigenvalue weighted by Gasteiger charge is 2.11. The van der Waals surface area contributed by atoms with E-state index in [-0.39, 0.29) is 35.1 Å². The second-order valence-corrected chi connectivity index (χ2v) is 3.35. The highest BCUT2D eigenvalue weighted by Crippen LogP contribution is 2.03. The predicted octanol–water partition coefficient (Wildman–Crippen LogP) is 1.97. The average Bonchev–Trinajstić information content (AvgIpc) is 2.31. The minimum Gasteiger partial charge on any atom is -0.287 e. The summed E-state index contributed by atoms with van der Waals surface area (Å²) in [5.41, 5.74) is 0.505. The third-order valence-corrected chi connectivity index (χ3v) is 2.18. The molecule has 0 N–H and O–H groups in total. The molecule has 0 fully saturated rings. The van der Waals surface area contributed by atoms with Crippen LogP contribution < -0.4 is 4.57 Å². The quantitative estimate of drug-likeness (QED) is 0.641. The molecule has 0 aliphatic rings. The summed E-state index contributed by atoms with van der Waals surface area (Å²) in [7, 11) is 0. The maximum Gasteiger partial charge on any atom is 0.227 e. The fourth-order valence-corrected chi connectivity index (χ4v) is 1.35. The van der Waals surface area contributed by atoms with Crippen LogP contribution in [0, 0.1) is 5.82 Å². The lowest BCUT2D eigenvalue weighted by Gasteiger charge is -1.97. The minimum absolute atomic E-state index is 0. The van der Waals surface area contributed by atoms with Crippen molar-refractivity contribution in [2.45, 2.75) is 6.54 Å². The van der Waals surface area contributed by atoms with Crippen LogP contribution in [0.3, 0.4) is 0 Å². The number of nitrogens with zero attached hydrogens (tertiary/aromatic N) is 2. The van der Waals surface area contributed by atoms with Crippen molar-refractivity contribution >= 4 is 22.8 Å². The first-order valence-corrected chi connectivity index (χ1v) is 4.83. The first kappa shape index (κ1) is 13.4. The monoisotopic (exact) mass is 297 g/mol. The molecule has 3 nitrogen and oxygen atoms in total. The van der Waals surface area contributed by atoms with Gasteiger partial charge in [-0.15, -0.1) is 17.0 Å². The van der Waals surface area contributed by atoms with Crippen molar-refractivity contribution < 1.29 is 13.8 Å². The van der Waals surface area contributed by atoms with Crippen LogP contribution in [0.5, 0.6) is 0 Å². The Morgan fingerprint density at radius 2 is 1.76 bits per heavy atom. The van der Waals surface area contributed by atoms with Gasteiger partial charge in [-0.3, -0.25) is 9.78 Å². The Morgan fingerprint density at radius 1 is 1.18 bits per heavy atom. The summed E-state index contributed by atoms with van der Waals surface area (Å²) in [6.45, 7) is 0.230. The lowest BCUT2D eigenvalue weighted by atomic mass is 10.1. The van der Waals surface area contributed by atoms with Crippen molar-refractivity contribution in [3.05, 3.63) is 60.4 Å². The number of hydrogen-bond acceptors (Lipinski definition) is 2. The highest BCUT2D eigenvalue weighted by atomic mass is 79.9. The van der Waals surface area contributed by atoms with E-state index in [0.29, 0.717) is 5.56 Å². The molecular weight excluding hydrogens is 287 g/mol. The van der Waals surface area contributed by atoms with Crippen molar-refractivity contribution in [1.29, 1.82) is 0 Å². The number of hydrogen-bond donors (Lipinski definition) is 0. The Kier molecular flexibility index (Phi) is 4.90. The second-order valence-electron chi connectivity index (χ2n) is 3.35. The fraction of sp³-hybridized carbons (Fsp3) is 0.0833. The molecule has 0 atom stereocenters. The molecule has 2 rings (SSSR count). The molecule has 0 aliphatic heterocycles. The first-order chi connectivity index (χ1) is 7.75. The molecule has 0 unspecified atom stereocenters. The number of ketones is 1. The van der Waals surface area contributed by atoms with Crippen LogP contribution in [0.25, 0.3) is 0 Å². The molecule has 0 amide bonds. The Labute approximate surface area is 109 Å². The second kappa shape index (κ2) is 6.20. The van der Waals surface area contributed by atoms with E-state index < -0.39 is 0 Å². The molecule has 0 saturated heterocycles. The normalized spacial score (nSPS) is 9.47. The van der Waals surface area contributed by atoms with Crippen LogP contribution >= 0.6 is 17.0 Å². The van der Waals surface area contributed by atoms with Gasteiger partial charge >= 0.3 is 0 Å². The number of aromatic nitrogens is 2. The topological polar surface area (TPSA) is 33.8 Å². The van der Waals surface area contributed by atoms with E-state index in [9.17, 15) is 9.18 Å². The van der Waals surface area contributed by atoms with Gasteiger partial charge in [0.2, 0.25) is 12.3 Å². The summed E-state index contributed by atoms with van der Waals surface area (Å²) in [6.07, 6.45) is 6.64. The smallest absolute Gasteiger partial charge is 0.227 e. The summed E-state index contributed by atoms with van der Waals surface area (Å²) in [5, 5.41) is 0. The van der Waals surface area contributed by atoms with E-state index >= 15 is 0 Å². The van der Waals surface area contributed by atoms with Gasteiger partial charge in [-0.25, -0.2) is 4.39 Å². The van der Waals surface area contributed by atoms with Crippen LogP contribution in [-0.2, 0) is 6.54 Å². The van der Waals surface area contributed by atoms with Gasteiger partial charge < -0.3 is 0 Å². The van der Waals surface area contributed by atoms with E-state index in [1.54, 1.807) is 29.4 Å². The van der Waals surface area contributed by atoms with Crippen molar-refractivity contribution in [2.24, 2.45) is 0 Å². The molecule has 5 heteroatoms. The summed E-state index contributed by atoms with van der Waals surface area (Å²) in [4.78, 5) is 15.6. The zero-order valence-electron chi connectivity index (χ0n) is 8.91. The Hall–Kier alpha value is -1.62. The number of halogens is 2. The minimum atomic E-state index is -0.340. The Bertz CT molecular complexity index is 488. The Balaban J connectivity index is 0.00000144. The van der Waals surface area contributed by atoms with Gasteiger partial charge in [0.25, 0.3) is 0 Å². The summed E-state index contributed by atoms with van der Waals surface area (Å²) in [6, 6.07) is 5.54. The Morgan fingerprint density at radius 3 is 2.35 bits per heavy atom. The van der Waals surface area contributed by atoms with Crippen LogP contribution in [-0.4, -0.2) is 10.8 Å². The van der Waals surface area contributed by atoms with Gasteiger partial charge in [-0.1, -0.05) is 0 Å². The highest BCUT2D eigenvalue weighted by molar-refractivity contribution is 8.93. The van der Waals surface area contributed by atoms with E-state index in [0.717, 1.165) is 0 Å². The largest absolute Gasteiger partial charge is 0.287 e. The molecule has 0 radical (unpaired) electrons. The molecule has 0 spiro atoms. The van der Waals surface area contributed by atoms with Crippen molar-refractivity contribution in [1.82, 2.24) is 4.98 Å². The van der Waals surface area contributed by atoms with Gasteiger partial charge in [-0.2, -0.15) is 4.57 Å². The molecule has 1 aromatic heterocycles. The maximum atomic E-state index is 12.7. The number of Topliss-reactive ketones (excluding diaryl/α,β-unsaturated/α-hetero) is 1. The molecule has 2 aromatic rings. The lowest BCUT2D eigenvalue weighted by Crippen LogP contribution is -2.37. The third kappa shape index (κ3) is 3.71. The average molecular weight is 298 g/mol. The molecule has 0 bridgehead atoms. The molecule has 17 heavy (non-hydrogen) atoms. The summed E-state index contributed by atoms with van der Waals surface area (Å²) < 4.78 is 14.4. The lowest BCUT2D eigenvalue weighted by molar-refractivity contribution is -0.683. The molecule has 0 aliphatic carbocycles. The molecule has 88 valence electrons. The SMILES string of the molecule is Br.O=C(C[n+]1ccncc1)c1ccc(F)cc1. The number of benzene rings is 1. The molecular formula is C12H11BrFN2O+. The van der Waals surface area contributed by atoms with E-state index in [4.69, 9.17) is 0 Å². The van der Waals surface area contributed by atoms with E-state index in [1.165, 1.54) is 24.3 Å². The standard InChI is InChI=1S/C12H10FN2O.BrH/c13-11-3-1-10(2-4-11)12(16)9-15-7-5-14-6-8-15;/h1-8H,9H2;1H/q+1;. The molecule has 1 heterocycles. The van der Waals surface area contributed by atoms with Crippen LogP contribution in [0.2, 0.25) is 0 Å². The number of carbonyl (C=O) groups excluding carboxylic acids is 1. The van der Waals surface area contributed by atoms with Crippen molar-refractivity contribution in [3.63, 3.8) is 0 Å². The van der Waals surface area contributed by atoms with E-state index in [1.807, 2.05) is 0 Å². The van der Waals surface area contributed by atoms with Crippen molar-refractivity contribution in [2.75, 3.05) is 0 Å². The van der Waals surface area contributed by atoms with Crippen molar-refractivity contribution in [3.8, 4) is 0 Å². The van der Waals surface area contributed by atoms with Gasteiger partial charge in [-0.05, 0) is 24.3 Å². The van der Waals surface area contributed by atoms with Gasteiger partial charge in [0, 0.05) is 5.56 Å². The summed E-state index contributed by atoms with van der Waals surface area (Å²) >= 11 is 0.